The topological polar surface area (TPSA) is 72.7 Å². The zero-order valence-electron chi connectivity index (χ0n) is 14.4. The van der Waals surface area contributed by atoms with Gasteiger partial charge in [-0.3, -0.25) is 0 Å². The van der Waals surface area contributed by atoms with Crippen molar-refractivity contribution in [3.63, 3.8) is 0 Å². The molecule has 4 aliphatic rings. The number of hydrogen-bond donors (Lipinski definition) is 2. The van der Waals surface area contributed by atoms with E-state index >= 15 is 0 Å². The minimum Gasteiger partial charge on any atom is -0.394 e. The lowest BCUT2D eigenvalue weighted by molar-refractivity contribution is 0.0577. The second-order valence-electron chi connectivity index (χ2n) is 7.84. The van der Waals surface area contributed by atoms with Gasteiger partial charge in [0.25, 0.3) is 0 Å². The van der Waals surface area contributed by atoms with Crippen LogP contribution in [0.1, 0.15) is 25.7 Å². The third-order valence-corrected chi connectivity index (χ3v) is 6.44. The first kappa shape index (κ1) is 16.1. The first-order valence-corrected chi connectivity index (χ1v) is 9.23. The second-order valence-corrected chi connectivity index (χ2v) is 7.84. The lowest BCUT2D eigenvalue weighted by Gasteiger charge is -2.44. The molecule has 0 amide bonds. The highest BCUT2D eigenvalue weighted by atomic mass is 16.3. The maximum atomic E-state index is 9.63. The minimum atomic E-state index is -0.751. The Balaban J connectivity index is 1.48. The van der Waals surface area contributed by atoms with E-state index in [-0.39, 0.29) is 6.61 Å². The summed E-state index contributed by atoms with van der Waals surface area (Å²) in [4.78, 5) is 13.5. The fraction of sp³-hybridized carbons (Fsp3) is 0.778. The number of aliphatic hydroxyl groups is 2. The first-order chi connectivity index (χ1) is 11.7. The summed E-state index contributed by atoms with van der Waals surface area (Å²) in [6.45, 7) is 2.32. The molecule has 2 heterocycles. The number of aliphatic hydroxyl groups excluding tert-OH is 2. The molecular weight excluding hydrogens is 304 g/mol. The molecule has 2 bridgehead atoms. The number of likely N-dealkylation sites (N-methyl/N-ethyl adjacent to an activating group) is 1. The van der Waals surface area contributed by atoms with E-state index in [1.807, 2.05) is 18.0 Å². The highest BCUT2D eigenvalue weighted by molar-refractivity contribution is 5.44. The summed E-state index contributed by atoms with van der Waals surface area (Å²) in [5.74, 6) is 5.10. The molecule has 5 rings (SSSR count). The third kappa shape index (κ3) is 2.86. The summed E-state index contributed by atoms with van der Waals surface area (Å²) in [6.07, 6.45) is 6.73. The van der Waals surface area contributed by atoms with Crippen LogP contribution < -0.4 is 9.80 Å². The van der Waals surface area contributed by atoms with Gasteiger partial charge in [0.2, 0.25) is 5.95 Å². The van der Waals surface area contributed by atoms with Crippen LogP contribution in [-0.2, 0) is 0 Å². The van der Waals surface area contributed by atoms with Gasteiger partial charge in [-0.1, -0.05) is 0 Å². The van der Waals surface area contributed by atoms with Gasteiger partial charge in [0, 0.05) is 32.9 Å². The quantitative estimate of drug-likeness (QED) is 0.842. The SMILES string of the molecule is CN(CC(O)CO)c1ccnc(N2C[C@@H]3C4CCC(CC4)[C@@H]3C2)n1. The molecule has 2 N–H and O–H groups in total. The van der Waals surface area contributed by atoms with E-state index in [0.717, 1.165) is 48.5 Å². The Hall–Kier alpha value is -1.40. The standard InChI is InChI=1S/C18H28N4O2/c1-21(8-14(24)11-23)17-6-7-19-18(20-17)22-9-15-12-2-3-13(5-4-12)16(15)10-22/h6-7,12-16,23-24H,2-5,8-11H2,1H3/t12?,13?,14?,15-,16+. The Bertz CT molecular complexity index is 556. The van der Waals surface area contributed by atoms with Crippen LogP contribution in [0.5, 0.6) is 0 Å². The average Bonchev–Trinajstić information content (AvgIpc) is 3.10. The van der Waals surface area contributed by atoms with Gasteiger partial charge in [-0.15, -0.1) is 0 Å². The molecule has 4 fully saturated rings. The predicted octanol–water partition coefficient (Wildman–Crippen LogP) is 1.14. The summed E-state index contributed by atoms with van der Waals surface area (Å²) in [6, 6.07) is 1.86. The Labute approximate surface area is 143 Å². The summed E-state index contributed by atoms with van der Waals surface area (Å²) in [5.41, 5.74) is 0. The maximum absolute atomic E-state index is 9.63. The van der Waals surface area contributed by atoms with Crippen molar-refractivity contribution in [1.82, 2.24) is 9.97 Å². The number of anilines is 2. The summed E-state index contributed by atoms with van der Waals surface area (Å²) >= 11 is 0. The van der Waals surface area contributed by atoms with Crippen molar-refractivity contribution in [2.75, 3.05) is 43.1 Å². The van der Waals surface area contributed by atoms with Crippen LogP contribution in [0.25, 0.3) is 0 Å². The summed E-state index contributed by atoms with van der Waals surface area (Å²) in [7, 11) is 1.88. The lowest BCUT2D eigenvalue weighted by Crippen LogP contribution is -2.38. The number of fused-ring (bicyclic) bond motifs is 2. The molecule has 1 aromatic rings. The maximum Gasteiger partial charge on any atom is 0.227 e. The Kier molecular flexibility index (Phi) is 4.35. The zero-order chi connectivity index (χ0) is 16.7. The third-order valence-electron chi connectivity index (χ3n) is 6.44. The molecule has 24 heavy (non-hydrogen) atoms. The van der Waals surface area contributed by atoms with Gasteiger partial charge in [-0.2, -0.15) is 4.98 Å². The smallest absolute Gasteiger partial charge is 0.227 e. The van der Waals surface area contributed by atoms with Crippen molar-refractivity contribution in [3.05, 3.63) is 12.3 Å². The number of aromatic nitrogens is 2. The van der Waals surface area contributed by atoms with Crippen molar-refractivity contribution in [2.24, 2.45) is 23.7 Å². The van der Waals surface area contributed by atoms with Crippen LogP contribution >= 0.6 is 0 Å². The van der Waals surface area contributed by atoms with Gasteiger partial charge in [0.1, 0.15) is 5.82 Å². The molecular formula is C18H28N4O2. The van der Waals surface area contributed by atoms with Crippen molar-refractivity contribution in [2.45, 2.75) is 31.8 Å². The van der Waals surface area contributed by atoms with E-state index in [4.69, 9.17) is 10.1 Å². The normalized spacial score (nSPS) is 32.7. The number of nitrogens with zero attached hydrogens (tertiary/aromatic N) is 4. The number of hydrogen-bond acceptors (Lipinski definition) is 6. The molecule has 3 aliphatic carbocycles. The summed E-state index contributed by atoms with van der Waals surface area (Å²) < 4.78 is 0. The van der Waals surface area contributed by atoms with Gasteiger partial charge in [-0.25, -0.2) is 4.98 Å². The van der Waals surface area contributed by atoms with Crippen LogP contribution in [0.2, 0.25) is 0 Å². The van der Waals surface area contributed by atoms with Crippen molar-refractivity contribution in [1.29, 1.82) is 0 Å². The van der Waals surface area contributed by atoms with Gasteiger partial charge < -0.3 is 20.0 Å². The van der Waals surface area contributed by atoms with E-state index in [1.165, 1.54) is 25.7 Å². The zero-order valence-corrected chi connectivity index (χ0v) is 14.4. The van der Waals surface area contributed by atoms with Gasteiger partial charge >= 0.3 is 0 Å². The molecule has 1 unspecified atom stereocenters. The van der Waals surface area contributed by atoms with E-state index in [0.29, 0.717) is 6.54 Å². The Morgan fingerprint density at radius 1 is 1.21 bits per heavy atom. The molecule has 132 valence electrons. The molecule has 6 heteroatoms. The summed E-state index contributed by atoms with van der Waals surface area (Å²) in [5, 5.41) is 18.6. The molecule has 1 aliphatic heterocycles. The molecule has 1 saturated heterocycles. The first-order valence-electron chi connectivity index (χ1n) is 9.23. The monoisotopic (exact) mass is 332 g/mol. The van der Waals surface area contributed by atoms with Crippen molar-refractivity contribution in [3.8, 4) is 0 Å². The van der Waals surface area contributed by atoms with Crippen molar-refractivity contribution < 1.29 is 10.2 Å². The van der Waals surface area contributed by atoms with E-state index in [9.17, 15) is 5.11 Å². The van der Waals surface area contributed by atoms with Crippen LogP contribution in [0.3, 0.4) is 0 Å². The number of rotatable bonds is 5. The van der Waals surface area contributed by atoms with Crippen LogP contribution in [-0.4, -0.2) is 59.6 Å². The van der Waals surface area contributed by atoms with E-state index in [2.05, 4.69) is 9.88 Å². The Morgan fingerprint density at radius 3 is 2.42 bits per heavy atom. The van der Waals surface area contributed by atoms with E-state index < -0.39 is 6.10 Å². The van der Waals surface area contributed by atoms with Crippen LogP contribution in [0.4, 0.5) is 11.8 Å². The van der Waals surface area contributed by atoms with E-state index in [1.54, 1.807) is 6.20 Å². The van der Waals surface area contributed by atoms with Gasteiger partial charge in [0.05, 0.1) is 12.7 Å². The average molecular weight is 332 g/mol. The minimum absolute atomic E-state index is 0.236. The van der Waals surface area contributed by atoms with Crippen molar-refractivity contribution >= 4 is 11.8 Å². The largest absolute Gasteiger partial charge is 0.394 e. The molecule has 3 saturated carbocycles. The fourth-order valence-electron chi connectivity index (χ4n) is 5.19. The molecule has 0 aromatic carbocycles. The van der Waals surface area contributed by atoms with Gasteiger partial charge in [-0.05, 0) is 55.4 Å². The predicted molar refractivity (Wildman–Crippen MR) is 93.0 cm³/mol. The highest BCUT2D eigenvalue weighted by Crippen LogP contribution is 2.52. The second kappa shape index (κ2) is 6.48. The highest BCUT2D eigenvalue weighted by Gasteiger charge is 2.48. The molecule has 0 radical (unpaired) electrons. The van der Waals surface area contributed by atoms with Crippen LogP contribution in [0.15, 0.2) is 12.3 Å². The molecule has 6 nitrogen and oxygen atoms in total. The van der Waals surface area contributed by atoms with Gasteiger partial charge in [0.15, 0.2) is 0 Å². The van der Waals surface area contributed by atoms with Crippen LogP contribution in [0, 0.1) is 23.7 Å². The molecule has 0 spiro atoms. The molecule has 3 atom stereocenters. The fourth-order valence-corrected chi connectivity index (χ4v) is 5.19. The lowest BCUT2D eigenvalue weighted by atomic mass is 9.60. The Morgan fingerprint density at radius 2 is 1.83 bits per heavy atom. The molecule has 1 aromatic heterocycles.